The second-order valence-corrected chi connectivity index (χ2v) is 8.20. The van der Waals surface area contributed by atoms with Crippen molar-refractivity contribution in [1.82, 2.24) is 4.31 Å². The van der Waals surface area contributed by atoms with Crippen molar-refractivity contribution >= 4 is 10.0 Å². The van der Waals surface area contributed by atoms with Gasteiger partial charge in [-0.15, -0.1) is 0 Å². The van der Waals surface area contributed by atoms with Crippen LogP contribution in [0.1, 0.15) is 35.6 Å². The van der Waals surface area contributed by atoms with E-state index < -0.39 is 10.0 Å². The van der Waals surface area contributed by atoms with Gasteiger partial charge in [-0.3, -0.25) is 0 Å². The van der Waals surface area contributed by atoms with E-state index in [9.17, 15) is 8.42 Å². The van der Waals surface area contributed by atoms with Gasteiger partial charge in [0.2, 0.25) is 10.0 Å². The molecule has 0 amide bonds. The first-order valence-corrected chi connectivity index (χ1v) is 9.60. The molecule has 0 spiro atoms. The third-order valence-electron chi connectivity index (χ3n) is 4.49. The van der Waals surface area contributed by atoms with E-state index in [2.05, 4.69) is 18.2 Å². The van der Waals surface area contributed by atoms with Crippen LogP contribution in [0.15, 0.2) is 47.4 Å². The maximum atomic E-state index is 13.2. The molecule has 1 unspecified atom stereocenters. The summed E-state index contributed by atoms with van der Waals surface area (Å²) in [6.45, 7) is 4.63. The highest BCUT2D eigenvalue weighted by Gasteiger charge is 2.37. The molecule has 1 aliphatic heterocycles. The van der Waals surface area contributed by atoms with Crippen LogP contribution in [-0.2, 0) is 10.0 Å². The van der Waals surface area contributed by atoms with E-state index in [4.69, 9.17) is 4.74 Å². The number of aryl methyl sites for hydroxylation is 2. The largest absolute Gasteiger partial charge is 0.495 e. The molecule has 0 aromatic heterocycles. The lowest BCUT2D eigenvalue weighted by molar-refractivity contribution is 0.381. The number of hydrogen-bond acceptors (Lipinski definition) is 3. The number of rotatable bonds is 4. The zero-order valence-electron chi connectivity index (χ0n) is 14.3. The normalized spacial score (nSPS) is 18.7. The topological polar surface area (TPSA) is 46.6 Å². The molecule has 0 bridgehead atoms. The lowest BCUT2D eigenvalue weighted by atomic mass is 10.0. The summed E-state index contributed by atoms with van der Waals surface area (Å²) >= 11 is 0. The van der Waals surface area contributed by atoms with E-state index in [1.54, 1.807) is 28.6 Å². The van der Waals surface area contributed by atoms with Crippen LogP contribution >= 0.6 is 0 Å². The van der Waals surface area contributed by atoms with Gasteiger partial charge in [-0.05, 0) is 44.4 Å². The number of para-hydroxylation sites is 1. The Balaban J connectivity index is 2.03. The van der Waals surface area contributed by atoms with Crippen molar-refractivity contribution in [2.24, 2.45) is 0 Å². The SMILES string of the molecule is COc1ccccc1S(=O)(=O)N1CCCC1c1cc(C)cc(C)c1. The number of nitrogens with zero attached hydrogens (tertiary/aromatic N) is 1. The van der Waals surface area contributed by atoms with Gasteiger partial charge in [0.25, 0.3) is 0 Å². The predicted molar refractivity (Wildman–Crippen MR) is 94.8 cm³/mol. The molecule has 1 saturated heterocycles. The molecule has 0 aliphatic carbocycles. The molecule has 1 fully saturated rings. The molecule has 4 nitrogen and oxygen atoms in total. The van der Waals surface area contributed by atoms with Crippen LogP contribution < -0.4 is 4.74 Å². The fraction of sp³-hybridized carbons (Fsp3) is 0.368. The number of benzene rings is 2. The van der Waals surface area contributed by atoms with Crippen molar-refractivity contribution in [2.75, 3.05) is 13.7 Å². The first-order valence-electron chi connectivity index (χ1n) is 8.16. The van der Waals surface area contributed by atoms with E-state index in [1.807, 2.05) is 13.8 Å². The summed E-state index contributed by atoms with van der Waals surface area (Å²) in [6, 6.07) is 13.0. The standard InChI is InChI=1S/C19H23NO3S/c1-14-11-15(2)13-16(12-14)17-7-6-10-20(17)24(21,22)19-9-5-4-8-18(19)23-3/h4-5,8-9,11-13,17H,6-7,10H2,1-3H3. The third-order valence-corrected chi connectivity index (χ3v) is 6.44. The van der Waals surface area contributed by atoms with Crippen molar-refractivity contribution in [2.45, 2.75) is 37.6 Å². The van der Waals surface area contributed by atoms with Crippen molar-refractivity contribution < 1.29 is 13.2 Å². The number of methoxy groups -OCH3 is 1. The summed E-state index contributed by atoms with van der Waals surface area (Å²) in [5.41, 5.74) is 3.39. The second kappa shape index (κ2) is 6.57. The molecule has 5 heteroatoms. The lowest BCUT2D eigenvalue weighted by Gasteiger charge is -2.25. The quantitative estimate of drug-likeness (QED) is 0.846. The molecule has 0 N–H and O–H groups in total. The molecular formula is C19H23NO3S. The second-order valence-electron chi connectivity index (χ2n) is 6.35. The summed E-state index contributed by atoms with van der Waals surface area (Å²) in [5.74, 6) is 0.392. The van der Waals surface area contributed by atoms with Gasteiger partial charge in [0.05, 0.1) is 13.2 Å². The van der Waals surface area contributed by atoms with Crippen LogP contribution in [0.5, 0.6) is 5.75 Å². The highest BCUT2D eigenvalue weighted by molar-refractivity contribution is 7.89. The summed E-state index contributed by atoms with van der Waals surface area (Å²) in [6.07, 6.45) is 1.71. The average Bonchev–Trinajstić information content (AvgIpc) is 3.04. The molecule has 3 rings (SSSR count). The Bertz CT molecular complexity index is 825. The Morgan fingerprint density at radius 3 is 2.42 bits per heavy atom. The van der Waals surface area contributed by atoms with Crippen molar-refractivity contribution in [3.8, 4) is 5.75 Å². The molecular weight excluding hydrogens is 322 g/mol. The van der Waals surface area contributed by atoms with Crippen LogP contribution in [-0.4, -0.2) is 26.4 Å². The van der Waals surface area contributed by atoms with E-state index in [0.717, 1.165) is 29.5 Å². The zero-order chi connectivity index (χ0) is 17.3. The summed E-state index contributed by atoms with van der Waals surface area (Å²) in [5, 5.41) is 0. The molecule has 128 valence electrons. The number of ether oxygens (including phenoxy) is 1. The predicted octanol–water partition coefficient (Wildman–Crippen LogP) is 3.84. The fourth-order valence-electron chi connectivity index (χ4n) is 3.52. The molecule has 0 saturated carbocycles. The molecule has 1 atom stereocenters. The van der Waals surface area contributed by atoms with E-state index in [-0.39, 0.29) is 10.9 Å². The Kier molecular flexibility index (Phi) is 4.65. The van der Waals surface area contributed by atoms with E-state index in [1.165, 1.54) is 7.11 Å². The smallest absolute Gasteiger partial charge is 0.247 e. The van der Waals surface area contributed by atoms with Crippen LogP contribution in [0, 0.1) is 13.8 Å². The van der Waals surface area contributed by atoms with Crippen LogP contribution in [0.4, 0.5) is 0 Å². The van der Waals surface area contributed by atoms with Crippen molar-refractivity contribution in [3.63, 3.8) is 0 Å². The average molecular weight is 345 g/mol. The minimum atomic E-state index is -3.60. The van der Waals surface area contributed by atoms with Gasteiger partial charge in [0.1, 0.15) is 10.6 Å². The maximum Gasteiger partial charge on any atom is 0.247 e. The van der Waals surface area contributed by atoms with Gasteiger partial charge in [-0.25, -0.2) is 8.42 Å². The van der Waals surface area contributed by atoms with E-state index in [0.29, 0.717) is 12.3 Å². The van der Waals surface area contributed by atoms with E-state index >= 15 is 0 Å². The van der Waals surface area contributed by atoms with Gasteiger partial charge in [0, 0.05) is 6.54 Å². The minimum Gasteiger partial charge on any atom is -0.495 e. The molecule has 0 radical (unpaired) electrons. The lowest BCUT2D eigenvalue weighted by Crippen LogP contribution is -2.31. The minimum absolute atomic E-state index is 0.112. The molecule has 1 aliphatic rings. The van der Waals surface area contributed by atoms with Crippen LogP contribution in [0.25, 0.3) is 0 Å². The first kappa shape index (κ1) is 17.0. The Hall–Kier alpha value is -1.85. The van der Waals surface area contributed by atoms with Gasteiger partial charge in [0.15, 0.2) is 0 Å². The summed E-state index contributed by atoms with van der Waals surface area (Å²) in [7, 11) is -2.10. The number of sulfonamides is 1. The van der Waals surface area contributed by atoms with Gasteiger partial charge in [-0.2, -0.15) is 4.31 Å². The maximum absolute atomic E-state index is 13.2. The Labute approximate surface area is 144 Å². The third kappa shape index (κ3) is 3.06. The van der Waals surface area contributed by atoms with Gasteiger partial charge in [-0.1, -0.05) is 41.5 Å². The summed E-state index contributed by atoms with van der Waals surface area (Å²) < 4.78 is 33.3. The van der Waals surface area contributed by atoms with Gasteiger partial charge >= 0.3 is 0 Å². The van der Waals surface area contributed by atoms with Gasteiger partial charge < -0.3 is 4.74 Å². The zero-order valence-corrected chi connectivity index (χ0v) is 15.1. The molecule has 2 aromatic rings. The summed E-state index contributed by atoms with van der Waals surface area (Å²) in [4.78, 5) is 0.240. The highest BCUT2D eigenvalue weighted by atomic mass is 32.2. The molecule has 2 aromatic carbocycles. The van der Waals surface area contributed by atoms with Crippen LogP contribution in [0.2, 0.25) is 0 Å². The molecule has 24 heavy (non-hydrogen) atoms. The Morgan fingerprint density at radius 2 is 1.75 bits per heavy atom. The van der Waals surface area contributed by atoms with Crippen molar-refractivity contribution in [3.05, 3.63) is 59.2 Å². The number of hydrogen-bond donors (Lipinski definition) is 0. The Morgan fingerprint density at radius 1 is 1.08 bits per heavy atom. The fourth-order valence-corrected chi connectivity index (χ4v) is 5.36. The first-order chi connectivity index (χ1) is 11.4. The van der Waals surface area contributed by atoms with Crippen molar-refractivity contribution in [1.29, 1.82) is 0 Å². The van der Waals surface area contributed by atoms with Crippen LogP contribution in [0.3, 0.4) is 0 Å². The highest BCUT2D eigenvalue weighted by Crippen LogP contribution is 2.39. The monoisotopic (exact) mass is 345 g/mol. The molecule has 1 heterocycles.